The minimum Gasteiger partial charge on any atom is -0.497 e. The number of ether oxygens (including phenoxy) is 1. The molecule has 3 rings (SSSR count). The zero-order chi connectivity index (χ0) is 19.2. The molecule has 2 aromatic carbocycles. The molecule has 1 aromatic heterocycles. The Hall–Kier alpha value is -2.63. The van der Waals surface area contributed by atoms with Gasteiger partial charge >= 0.3 is 5.63 Å². The van der Waals surface area contributed by atoms with Crippen LogP contribution in [-0.4, -0.2) is 33.8 Å². The highest BCUT2D eigenvalue weighted by molar-refractivity contribution is 5.81. The molecule has 27 heavy (non-hydrogen) atoms. The van der Waals surface area contributed by atoms with Crippen LogP contribution in [0.25, 0.3) is 11.0 Å². The van der Waals surface area contributed by atoms with E-state index in [1.807, 2.05) is 18.2 Å². The molecule has 5 heteroatoms. The van der Waals surface area contributed by atoms with E-state index >= 15 is 0 Å². The van der Waals surface area contributed by atoms with Crippen LogP contribution in [0.3, 0.4) is 0 Å². The molecule has 0 aliphatic rings. The molecule has 0 saturated heterocycles. The monoisotopic (exact) mass is 368 g/mol. The van der Waals surface area contributed by atoms with Crippen molar-refractivity contribution in [2.75, 3.05) is 27.7 Å². The summed E-state index contributed by atoms with van der Waals surface area (Å²) in [6.07, 6.45) is 1.04. The fourth-order valence-electron chi connectivity index (χ4n) is 3.37. The van der Waals surface area contributed by atoms with Crippen molar-refractivity contribution >= 4 is 11.0 Å². The van der Waals surface area contributed by atoms with Crippen molar-refractivity contribution < 1.29 is 19.4 Å². The standard InChI is InChI=1S/C22H26N2O3/c1-24(2)18(11-16-7-5-4-6-8-16)15-23-14-17-12-22(25)27-21-13-19(26-3)9-10-20(17)21/h4-10,12-13,18,23H,11,14-15H2,1-3H3/p+2/t18-/m1/s1. The number of benzene rings is 2. The summed E-state index contributed by atoms with van der Waals surface area (Å²) in [7, 11) is 5.99. The number of methoxy groups -OCH3 is 1. The minimum absolute atomic E-state index is 0.321. The van der Waals surface area contributed by atoms with Crippen LogP contribution >= 0.6 is 0 Å². The molecular formula is C22H28N2O3+2. The molecule has 3 N–H and O–H groups in total. The van der Waals surface area contributed by atoms with Gasteiger partial charge in [0.05, 0.1) is 21.2 Å². The van der Waals surface area contributed by atoms with Crippen molar-refractivity contribution in [2.45, 2.75) is 19.0 Å². The highest BCUT2D eigenvalue weighted by Gasteiger charge is 2.18. The van der Waals surface area contributed by atoms with Crippen LogP contribution in [-0.2, 0) is 13.0 Å². The van der Waals surface area contributed by atoms with Gasteiger partial charge in [-0.25, -0.2) is 4.79 Å². The lowest BCUT2D eigenvalue weighted by Crippen LogP contribution is -3.14. The molecule has 3 aromatic rings. The van der Waals surface area contributed by atoms with Gasteiger partial charge in [0.1, 0.15) is 30.5 Å². The average molecular weight is 368 g/mol. The van der Waals surface area contributed by atoms with Gasteiger partial charge in [-0.2, -0.15) is 0 Å². The van der Waals surface area contributed by atoms with Gasteiger partial charge in [-0.05, 0) is 17.7 Å². The molecule has 0 saturated carbocycles. The Bertz CT molecular complexity index is 935. The van der Waals surface area contributed by atoms with Crippen molar-refractivity contribution in [3.05, 3.63) is 76.1 Å². The van der Waals surface area contributed by atoms with Crippen LogP contribution in [0.2, 0.25) is 0 Å². The van der Waals surface area contributed by atoms with Gasteiger partial charge in [0.2, 0.25) is 0 Å². The van der Waals surface area contributed by atoms with E-state index in [0.717, 1.165) is 30.5 Å². The highest BCUT2D eigenvalue weighted by atomic mass is 16.5. The van der Waals surface area contributed by atoms with Gasteiger partial charge in [0, 0.05) is 29.5 Å². The minimum atomic E-state index is -0.321. The maximum absolute atomic E-state index is 11.9. The molecular weight excluding hydrogens is 340 g/mol. The van der Waals surface area contributed by atoms with Gasteiger partial charge in [-0.3, -0.25) is 0 Å². The fraction of sp³-hybridized carbons (Fsp3) is 0.318. The molecule has 0 bridgehead atoms. The molecule has 0 spiro atoms. The fourth-order valence-corrected chi connectivity index (χ4v) is 3.37. The molecule has 0 fully saturated rings. The van der Waals surface area contributed by atoms with Crippen LogP contribution in [0.15, 0.2) is 63.8 Å². The third-order valence-corrected chi connectivity index (χ3v) is 4.99. The number of nitrogens with two attached hydrogens (primary N) is 1. The van der Waals surface area contributed by atoms with E-state index in [0.29, 0.717) is 17.4 Å². The third-order valence-electron chi connectivity index (χ3n) is 4.99. The summed E-state index contributed by atoms with van der Waals surface area (Å²) in [5, 5.41) is 3.24. The highest BCUT2D eigenvalue weighted by Crippen LogP contribution is 2.21. The molecule has 0 aliphatic heterocycles. The average Bonchev–Trinajstić information content (AvgIpc) is 2.67. The van der Waals surface area contributed by atoms with E-state index in [-0.39, 0.29) is 5.63 Å². The molecule has 0 radical (unpaired) electrons. The Labute approximate surface area is 159 Å². The van der Waals surface area contributed by atoms with Crippen molar-refractivity contribution in [2.24, 2.45) is 0 Å². The Kier molecular flexibility index (Phi) is 6.27. The summed E-state index contributed by atoms with van der Waals surface area (Å²) < 4.78 is 10.6. The number of rotatable bonds is 8. The first-order chi connectivity index (χ1) is 13.1. The molecule has 0 aliphatic carbocycles. The Morgan fingerprint density at radius 3 is 2.59 bits per heavy atom. The third kappa shape index (κ3) is 4.96. The Morgan fingerprint density at radius 2 is 1.89 bits per heavy atom. The lowest BCUT2D eigenvalue weighted by Gasteiger charge is -2.20. The summed E-state index contributed by atoms with van der Waals surface area (Å²) in [6.45, 7) is 1.72. The Morgan fingerprint density at radius 1 is 1.11 bits per heavy atom. The lowest BCUT2D eigenvalue weighted by atomic mass is 10.0. The number of hydrogen-bond donors (Lipinski definition) is 2. The predicted octanol–water partition coefficient (Wildman–Crippen LogP) is 0.621. The molecule has 1 atom stereocenters. The summed E-state index contributed by atoms with van der Waals surface area (Å²) in [6, 6.07) is 18.3. The SMILES string of the molecule is COc1ccc2c(C[NH2+]C[C@@H](Cc3ccccc3)[NH+](C)C)cc(=O)oc2c1. The second-order valence-corrected chi connectivity index (χ2v) is 7.15. The quantitative estimate of drug-likeness (QED) is 0.573. The van der Waals surface area contributed by atoms with E-state index in [9.17, 15) is 4.79 Å². The maximum atomic E-state index is 11.9. The van der Waals surface area contributed by atoms with Crippen molar-refractivity contribution in [3.8, 4) is 5.75 Å². The number of fused-ring (bicyclic) bond motifs is 1. The van der Waals surface area contributed by atoms with E-state index in [2.05, 4.69) is 43.7 Å². The van der Waals surface area contributed by atoms with Crippen LogP contribution in [0.4, 0.5) is 0 Å². The summed E-state index contributed by atoms with van der Waals surface area (Å²) in [5.41, 5.74) is 2.61. The molecule has 5 nitrogen and oxygen atoms in total. The maximum Gasteiger partial charge on any atom is 0.336 e. The zero-order valence-corrected chi connectivity index (χ0v) is 16.2. The van der Waals surface area contributed by atoms with E-state index in [1.54, 1.807) is 19.2 Å². The van der Waals surface area contributed by atoms with Gasteiger partial charge in [-0.15, -0.1) is 0 Å². The first kappa shape index (κ1) is 19.1. The normalized spacial score (nSPS) is 12.4. The van der Waals surface area contributed by atoms with Crippen LogP contribution in [0.5, 0.6) is 5.75 Å². The van der Waals surface area contributed by atoms with Gasteiger partial charge in [0.25, 0.3) is 0 Å². The molecule has 142 valence electrons. The van der Waals surface area contributed by atoms with Crippen LogP contribution in [0, 0.1) is 0 Å². The smallest absolute Gasteiger partial charge is 0.336 e. The van der Waals surface area contributed by atoms with E-state index in [1.165, 1.54) is 10.5 Å². The number of hydrogen-bond acceptors (Lipinski definition) is 3. The first-order valence-electron chi connectivity index (χ1n) is 9.33. The predicted molar refractivity (Wildman–Crippen MR) is 106 cm³/mol. The van der Waals surface area contributed by atoms with Crippen LogP contribution in [0.1, 0.15) is 11.1 Å². The molecule has 1 heterocycles. The van der Waals surface area contributed by atoms with Crippen molar-refractivity contribution in [1.82, 2.24) is 0 Å². The van der Waals surface area contributed by atoms with E-state index < -0.39 is 0 Å². The van der Waals surface area contributed by atoms with Gasteiger partial charge in [0.15, 0.2) is 0 Å². The topological polar surface area (TPSA) is 60.5 Å². The first-order valence-corrected chi connectivity index (χ1v) is 9.33. The number of nitrogens with one attached hydrogen (secondary N) is 1. The van der Waals surface area contributed by atoms with Gasteiger partial charge in [-0.1, -0.05) is 30.3 Å². The van der Waals surface area contributed by atoms with E-state index in [4.69, 9.17) is 9.15 Å². The summed E-state index contributed by atoms with van der Waals surface area (Å²) in [5.74, 6) is 0.686. The largest absolute Gasteiger partial charge is 0.497 e. The summed E-state index contributed by atoms with van der Waals surface area (Å²) in [4.78, 5) is 13.4. The van der Waals surface area contributed by atoms with Crippen LogP contribution < -0.4 is 20.6 Å². The lowest BCUT2D eigenvalue weighted by molar-refractivity contribution is -0.903. The van der Waals surface area contributed by atoms with Crippen molar-refractivity contribution in [1.29, 1.82) is 0 Å². The van der Waals surface area contributed by atoms with Gasteiger partial charge < -0.3 is 19.4 Å². The zero-order valence-electron chi connectivity index (χ0n) is 16.2. The summed E-state index contributed by atoms with van der Waals surface area (Å²) >= 11 is 0. The second kappa shape index (κ2) is 8.84. The second-order valence-electron chi connectivity index (χ2n) is 7.15. The molecule has 0 unspecified atom stereocenters. The molecule has 0 amide bonds. The van der Waals surface area contributed by atoms with Crippen molar-refractivity contribution in [3.63, 3.8) is 0 Å². The number of likely N-dealkylation sites (N-methyl/N-ethyl adjacent to an activating group) is 1. The number of quaternary nitrogens is 2. The Balaban J connectivity index is 1.71.